The summed E-state index contributed by atoms with van der Waals surface area (Å²) in [5, 5.41) is 12.6. The molecule has 0 atom stereocenters. The van der Waals surface area contributed by atoms with Crippen molar-refractivity contribution >= 4 is 11.3 Å². The Morgan fingerprint density at radius 2 is 2.10 bits per heavy atom. The number of hydrogen-bond acceptors (Lipinski definition) is 5. The van der Waals surface area contributed by atoms with Crippen LogP contribution in [0.5, 0.6) is 0 Å². The van der Waals surface area contributed by atoms with Gasteiger partial charge in [-0.15, -0.1) is 10.2 Å². The number of nitrogens with zero attached hydrogens (tertiary/aromatic N) is 2. The lowest BCUT2D eigenvalue weighted by Gasteiger charge is -2.01. The Morgan fingerprint density at radius 1 is 1.24 bits per heavy atom. The van der Waals surface area contributed by atoms with Gasteiger partial charge in [-0.05, 0) is 25.1 Å². The Kier molecular flexibility index (Phi) is 6.16. The van der Waals surface area contributed by atoms with Gasteiger partial charge in [-0.3, -0.25) is 0 Å². The van der Waals surface area contributed by atoms with Crippen LogP contribution in [-0.4, -0.2) is 37.0 Å². The third kappa shape index (κ3) is 4.80. The van der Waals surface area contributed by atoms with E-state index in [1.165, 1.54) is 23.5 Å². The zero-order valence-corrected chi connectivity index (χ0v) is 12.6. The number of aromatic nitrogens is 2. The van der Waals surface area contributed by atoms with Crippen LogP contribution in [0.3, 0.4) is 0 Å². The fourth-order valence-corrected chi connectivity index (χ4v) is 2.70. The number of methoxy groups -OCH3 is 1. The maximum Gasteiger partial charge on any atom is 0.150 e. The normalized spacial score (nSPS) is 11.0. The molecule has 2 rings (SSSR count). The highest BCUT2D eigenvalue weighted by Crippen LogP contribution is 2.26. The third-order valence-corrected chi connectivity index (χ3v) is 3.87. The van der Waals surface area contributed by atoms with Crippen molar-refractivity contribution in [3.05, 3.63) is 34.8 Å². The largest absolute Gasteiger partial charge is 0.383 e. The lowest BCUT2D eigenvalue weighted by Crippen LogP contribution is -2.20. The van der Waals surface area contributed by atoms with Crippen LogP contribution in [-0.2, 0) is 11.2 Å². The number of nitrogens with one attached hydrogen (secondary N) is 1. The van der Waals surface area contributed by atoms with Crippen molar-refractivity contribution in [3.63, 3.8) is 0 Å². The molecular formula is C14H17F2N3OS. The lowest BCUT2D eigenvalue weighted by molar-refractivity contribution is 0.199. The van der Waals surface area contributed by atoms with Gasteiger partial charge in [0, 0.05) is 31.7 Å². The van der Waals surface area contributed by atoms with Crippen molar-refractivity contribution in [2.45, 2.75) is 12.8 Å². The summed E-state index contributed by atoms with van der Waals surface area (Å²) in [6.07, 6.45) is 1.70. The first-order chi connectivity index (χ1) is 10.2. The number of hydrogen-bond donors (Lipinski definition) is 1. The molecule has 0 bridgehead atoms. The van der Waals surface area contributed by atoms with Crippen LogP contribution in [0.4, 0.5) is 8.78 Å². The van der Waals surface area contributed by atoms with Crippen molar-refractivity contribution in [1.29, 1.82) is 0 Å². The van der Waals surface area contributed by atoms with Crippen LogP contribution < -0.4 is 5.32 Å². The summed E-state index contributed by atoms with van der Waals surface area (Å²) >= 11 is 1.34. The minimum absolute atomic E-state index is 0.290. The quantitative estimate of drug-likeness (QED) is 0.761. The lowest BCUT2D eigenvalue weighted by atomic mass is 10.2. The first kappa shape index (κ1) is 15.9. The van der Waals surface area contributed by atoms with Gasteiger partial charge in [0.2, 0.25) is 0 Å². The third-order valence-electron chi connectivity index (χ3n) is 2.86. The molecule has 114 valence electrons. The summed E-state index contributed by atoms with van der Waals surface area (Å²) in [6.45, 7) is 2.37. The predicted molar refractivity (Wildman–Crippen MR) is 78.3 cm³/mol. The SMILES string of the molecule is COCCNCCCc1nnc(-c2ccc(F)cc2F)s1. The Labute approximate surface area is 126 Å². The Hall–Kier alpha value is -1.44. The highest BCUT2D eigenvalue weighted by molar-refractivity contribution is 7.14. The second kappa shape index (κ2) is 8.11. The first-order valence-electron chi connectivity index (χ1n) is 6.68. The molecule has 1 heterocycles. The van der Waals surface area contributed by atoms with Gasteiger partial charge in [0.15, 0.2) is 5.01 Å². The van der Waals surface area contributed by atoms with Gasteiger partial charge < -0.3 is 10.1 Å². The van der Waals surface area contributed by atoms with Crippen LogP contribution >= 0.6 is 11.3 Å². The van der Waals surface area contributed by atoms with Crippen molar-refractivity contribution in [2.24, 2.45) is 0 Å². The molecule has 0 saturated carbocycles. The molecule has 0 amide bonds. The summed E-state index contributed by atoms with van der Waals surface area (Å²) in [5.74, 6) is -1.21. The van der Waals surface area contributed by atoms with E-state index in [0.29, 0.717) is 17.2 Å². The van der Waals surface area contributed by atoms with E-state index in [9.17, 15) is 8.78 Å². The smallest absolute Gasteiger partial charge is 0.150 e. The van der Waals surface area contributed by atoms with E-state index >= 15 is 0 Å². The van der Waals surface area contributed by atoms with Gasteiger partial charge in [0.1, 0.15) is 16.6 Å². The molecule has 1 aromatic heterocycles. The zero-order valence-electron chi connectivity index (χ0n) is 11.7. The fraction of sp³-hybridized carbons (Fsp3) is 0.429. The second-order valence-corrected chi connectivity index (χ2v) is 5.53. The molecule has 7 heteroatoms. The highest BCUT2D eigenvalue weighted by atomic mass is 32.1. The predicted octanol–water partition coefficient (Wildman–Crippen LogP) is 2.65. The molecule has 1 N–H and O–H groups in total. The van der Waals surface area contributed by atoms with E-state index in [-0.39, 0.29) is 0 Å². The van der Waals surface area contributed by atoms with E-state index in [0.717, 1.165) is 37.0 Å². The van der Waals surface area contributed by atoms with E-state index in [1.54, 1.807) is 7.11 Å². The Balaban J connectivity index is 1.86. The minimum Gasteiger partial charge on any atom is -0.383 e. The van der Waals surface area contributed by atoms with Crippen LogP contribution in [0.25, 0.3) is 10.6 Å². The van der Waals surface area contributed by atoms with Gasteiger partial charge in [0.25, 0.3) is 0 Å². The standard InChI is InChI=1S/C14H17F2N3OS/c1-20-8-7-17-6-2-3-13-18-19-14(21-13)11-5-4-10(15)9-12(11)16/h4-5,9,17H,2-3,6-8H2,1H3. The first-order valence-corrected chi connectivity index (χ1v) is 7.50. The molecule has 0 radical (unpaired) electrons. The Bertz CT molecular complexity index is 577. The average Bonchev–Trinajstić information content (AvgIpc) is 2.91. The monoisotopic (exact) mass is 313 g/mol. The van der Waals surface area contributed by atoms with Gasteiger partial charge in [-0.1, -0.05) is 11.3 Å². The molecule has 1 aromatic carbocycles. The van der Waals surface area contributed by atoms with Crippen LogP contribution in [0.2, 0.25) is 0 Å². The second-order valence-electron chi connectivity index (χ2n) is 4.47. The molecule has 4 nitrogen and oxygen atoms in total. The highest BCUT2D eigenvalue weighted by Gasteiger charge is 2.11. The maximum absolute atomic E-state index is 13.6. The zero-order chi connectivity index (χ0) is 15.1. The summed E-state index contributed by atoms with van der Waals surface area (Å²) in [5.41, 5.74) is 0.290. The van der Waals surface area contributed by atoms with Crippen LogP contribution in [0.15, 0.2) is 18.2 Å². The summed E-state index contributed by atoms with van der Waals surface area (Å²) in [6, 6.07) is 3.47. The topological polar surface area (TPSA) is 47.0 Å². The van der Waals surface area contributed by atoms with E-state index in [2.05, 4.69) is 15.5 Å². The number of benzene rings is 1. The van der Waals surface area contributed by atoms with Gasteiger partial charge >= 0.3 is 0 Å². The van der Waals surface area contributed by atoms with E-state index < -0.39 is 11.6 Å². The van der Waals surface area contributed by atoms with Crippen LogP contribution in [0.1, 0.15) is 11.4 Å². The van der Waals surface area contributed by atoms with Crippen molar-refractivity contribution in [2.75, 3.05) is 26.8 Å². The molecule has 0 spiro atoms. The summed E-state index contributed by atoms with van der Waals surface area (Å²) < 4.78 is 31.5. The van der Waals surface area contributed by atoms with Crippen molar-refractivity contribution < 1.29 is 13.5 Å². The number of halogens is 2. The minimum atomic E-state index is -0.612. The molecular weight excluding hydrogens is 296 g/mol. The van der Waals surface area contributed by atoms with Gasteiger partial charge in [-0.2, -0.15) is 0 Å². The molecule has 0 aliphatic rings. The number of ether oxygens (including phenoxy) is 1. The Morgan fingerprint density at radius 3 is 2.86 bits per heavy atom. The van der Waals surface area contributed by atoms with Crippen molar-refractivity contribution in [3.8, 4) is 10.6 Å². The average molecular weight is 313 g/mol. The summed E-state index contributed by atoms with van der Waals surface area (Å²) in [4.78, 5) is 0. The summed E-state index contributed by atoms with van der Waals surface area (Å²) in [7, 11) is 1.67. The maximum atomic E-state index is 13.6. The molecule has 0 aliphatic carbocycles. The molecule has 0 fully saturated rings. The molecule has 21 heavy (non-hydrogen) atoms. The van der Waals surface area contributed by atoms with E-state index in [4.69, 9.17) is 4.74 Å². The molecule has 0 saturated heterocycles. The van der Waals surface area contributed by atoms with Gasteiger partial charge in [-0.25, -0.2) is 8.78 Å². The number of aryl methyl sites for hydroxylation is 1. The fourth-order valence-electron chi connectivity index (χ4n) is 1.79. The molecule has 0 unspecified atom stereocenters. The molecule has 0 aliphatic heterocycles. The van der Waals surface area contributed by atoms with Crippen LogP contribution in [0, 0.1) is 11.6 Å². The number of rotatable bonds is 8. The van der Waals surface area contributed by atoms with E-state index in [1.807, 2.05) is 0 Å². The van der Waals surface area contributed by atoms with Crippen molar-refractivity contribution in [1.82, 2.24) is 15.5 Å². The van der Waals surface area contributed by atoms with Gasteiger partial charge in [0.05, 0.1) is 6.61 Å². The molecule has 2 aromatic rings.